The molecule has 3 N–H and O–H groups in total. The summed E-state index contributed by atoms with van der Waals surface area (Å²) in [6.07, 6.45) is 0. The maximum atomic E-state index is 9.01. The van der Waals surface area contributed by atoms with Crippen LogP contribution < -0.4 is 33.3 Å². The summed E-state index contributed by atoms with van der Waals surface area (Å²) >= 11 is 46.4. The number of phenolic OH excluding ortho intramolecular Hbond substituents is 2. The van der Waals surface area contributed by atoms with E-state index in [1.165, 1.54) is 11.6 Å². The molecule has 0 saturated heterocycles. The number of fused-ring (bicyclic) bond motifs is 1. The Morgan fingerprint density at radius 3 is 1.25 bits per heavy atom. The van der Waals surface area contributed by atoms with E-state index in [0.29, 0.717) is 21.9 Å². The molecule has 9 aromatic rings. The van der Waals surface area contributed by atoms with Gasteiger partial charge in [0.2, 0.25) is 6.79 Å². The first kappa shape index (κ1) is 81.6. The smallest absolute Gasteiger partial charge is 0.231 e. The molecule has 0 atom stereocenters. The first-order valence-electron chi connectivity index (χ1n) is 28.6. The molecule has 0 spiro atoms. The van der Waals surface area contributed by atoms with Crippen LogP contribution in [-0.4, -0.2) is 64.6 Å². The Labute approximate surface area is 585 Å². The van der Waals surface area contributed by atoms with Gasteiger partial charge in [0.15, 0.2) is 11.5 Å². The molecular formula is C74H85Cl8NO9. The van der Waals surface area contributed by atoms with Crippen molar-refractivity contribution in [3.8, 4) is 46.0 Å². The number of rotatable bonds is 6. The molecule has 0 aliphatic carbocycles. The number of halogens is 8. The van der Waals surface area contributed by atoms with Crippen LogP contribution in [0.5, 0.6) is 46.0 Å². The van der Waals surface area contributed by atoms with Gasteiger partial charge < -0.3 is 48.6 Å². The third-order valence-corrected chi connectivity index (χ3v) is 17.0. The number of aromatic hydroxyl groups is 2. The van der Waals surface area contributed by atoms with Crippen LogP contribution in [0.15, 0.2) is 146 Å². The zero-order valence-corrected chi connectivity index (χ0v) is 61.6. The van der Waals surface area contributed by atoms with E-state index in [4.69, 9.17) is 137 Å². The van der Waals surface area contributed by atoms with E-state index in [-0.39, 0.29) is 18.1 Å². The predicted molar refractivity (Wildman–Crippen MR) is 391 cm³/mol. The van der Waals surface area contributed by atoms with Gasteiger partial charge in [-0.3, -0.25) is 0 Å². The van der Waals surface area contributed by atoms with Crippen molar-refractivity contribution < 1.29 is 43.7 Å². The second-order valence-electron chi connectivity index (χ2n) is 21.0. The molecule has 10 rings (SSSR count). The zero-order valence-electron chi connectivity index (χ0n) is 55.5. The van der Waals surface area contributed by atoms with Crippen LogP contribution in [0.1, 0.15) is 72.3 Å². The number of methoxy groups -OCH3 is 4. The number of ether oxygens (including phenoxy) is 6. The minimum absolute atomic E-state index is 0.0733. The van der Waals surface area contributed by atoms with Gasteiger partial charge in [-0.05, 0) is 265 Å². The lowest BCUT2D eigenvalue weighted by molar-refractivity contribution is 0.174. The molecule has 9 aromatic carbocycles. The lowest BCUT2D eigenvalue weighted by atomic mass is 10.0. The first-order chi connectivity index (χ1) is 43.3. The van der Waals surface area contributed by atoms with Gasteiger partial charge in [0.05, 0.1) is 35.0 Å². The molecular weight excluding hydrogens is 1330 g/mol. The normalized spacial score (nSPS) is 10.2. The van der Waals surface area contributed by atoms with Crippen LogP contribution in [0.2, 0.25) is 40.2 Å². The highest BCUT2D eigenvalue weighted by Gasteiger charge is 2.14. The Balaban J connectivity index is 0.000000353. The van der Waals surface area contributed by atoms with E-state index < -0.39 is 0 Å². The highest BCUT2D eigenvalue weighted by molar-refractivity contribution is 6.33. The summed E-state index contributed by atoms with van der Waals surface area (Å²) in [7, 11) is 10.6. The lowest BCUT2D eigenvalue weighted by Gasteiger charge is -2.12. The van der Waals surface area contributed by atoms with Gasteiger partial charge in [0.25, 0.3) is 0 Å². The third-order valence-electron chi connectivity index (χ3n) is 13.7. The second-order valence-corrected chi connectivity index (χ2v) is 24.3. The number of aliphatic hydroxyl groups excluding tert-OH is 1. The summed E-state index contributed by atoms with van der Waals surface area (Å²) < 4.78 is 30.4. The van der Waals surface area contributed by atoms with Crippen molar-refractivity contribution in [2.45, 2.75) is 89.7 Å². The van der Waals surface area contributed by atoms with Gasteiger partial charge in [0, 0.05) is 66.0 Å². The number of aryl methyl sites for hydroxylation is 9. The topological polar surface area (TPSA) is 119 Å². The van der Waals surface area contributed by atoms with Gasteiger partial charge in [0.1, 0.15) is 34.5 Å². The maximum Gasteiger partial charge on any atom is 0.231 e. The molecule has 0 radical (unpaired) electrons. The molecule has 1 heterocycles. The SMILES string of the molecule is COc1cc(C)c(C)c(CO)c1.COc1ccc(C)c(Cl)c1.COc1ccc(Cl)c(C)c1.COc1ccc(Cl)c(C)c1C.Cc1cc(O)ccc1Cl.Cc1cc2c(cc1Cl)OCO2.Cc1ccc(C)c(Cl)c1.Cc1ccc(N(C)C)cc1Cl.Cc1ccc(O)cc1Cl. The van der Waals surface area contributed by atoms with Crippen molar-refractivity contribution in [1.29, 1.82) is 0 Å². The van der Waals surface area contributed by atoms with Crippen molar-refractivity contribution in [3.63, 3.8) is 0 Å². The molecule has 0 amide bonds. The molecule has 0 saturated carbocycles. The summed E-state index contributed by atoms with van der Waals surface area (Å²) in [6.45, 7) is 24.0. The number of hydrogen-bond acceptors (Lipinski definition) is 10. The van der Waals surface area contributed by atoms with Crippen LogP contribution in [0, 0.1) is 83.1 Å². The average molecular weight is 1420 g/mol. The summed E-state index contributed by atoms with van der Waals surface area (Å²) in [4.78, 5) is 2.03. The second kappa shape index (κ2) is 41.9. The summed E-state index contributed by atoms with van der Waals surface area (Å²) in [5.74, 6) is 5.35. The van der Waals surface area contributed by atoms with Gasteiger partial charge >= 0.3 is 0 Å². The molecule has 0 bridgehead atoms. The third kappa shape index (κ3) is 28.8. The number of hydrogen-bond donors (Lipinski definition) is 3. The van der Waals surface area contributed by atoms with E-state index in [9.17, 15) is 0 Å². The summed E-state index contributed by atoms with van der Waals surface area (Å²) in [5.41, 5.74) is 15.0. The standard InChI is InChI=1S/C10H14O2.C9H12ClN.C9H11ClO.C8H7ClO2.2C8H9ClO.C8H9Cl.2C7H7ClO/c1-7-4-10(12-3)5-9(6-11)8(7)2;1-7-4-5-8(11(2)3)6-9(7)10;1-6-7(2)9(11-3)5-4-8(6)10;1-5-2-7-8(3-6(5)9)11-4-10-7;1-6-5-7(10-2)3-4-8(6)9;1-6-3-4-7(10-2)5-8(6)9;1-6-3-4-7(2)8(9)5-6;1-5-4-6(9)2-3-7(5)8;1-5-2-3-6(9)4-7(5)8/h4-5,11H,6H2,1-3H3;4-6H,1-3H3;4-5H,1-3H3;2-3H,4H2,1H3;2*3-5H,1-2H3;3-5H,1-2H3;2*2-4,9H,1H3. The van der Waals surface area contributed by atoms with Crippen molar-refractivity contribution in [2.75, 3.05) is 54.2 Å². The molecule has 496 valence electrons. The van der Waals surface area contributed by atoms with Crippen molar-refractivity contribution >= 4 is 98.5 Å². The van der Waals surface area contributed by atoms with E-state index in [1.807, 2.05) is 187 Å². The number of anilines is 1. The zero-order chi connectivity index (χ0) is 69.5. The van der Waals surface area contributed by atoms with Crippen molar-refractivity contribution in [1.82, 2.24) is 0 Å². The van der Waals surface area contributed by atoms with Gasteiger partial charge in [-0.2, -0.15) is 0 Å². The largest absolute Gasteiger partial charge is 0.508 e. The monoisotopic (exact) mass is 1410 g/mol. The fourth-order valence-corrected chi connectivity index (χ4v) is 8.74. The fraction of sp³-hybridized carbons (Fsp3) is 0.270. The molecule has 0 aromatic heterocycles. The van der Waals surface area contributed by atoms with E-state index in [0.717, 1.165) is 132 Å². The first-order valence-corrected chi connectivity index (χ1v) is 31.6. The lowest BCUT2D eigenvalue weighted by Crippen LogP contribution is -2.08. The van der Waals surface area contributed by atoms with Crippen LogP contribution in [0.25, 0.3) is 0 Å². The average Bonchev–Trinajstić information content (AvgIpc) is 2.28. The molecule has 0 unspecified atom stereocenters. The molecule has 18 heteroatoms. The Kier molecular flexibility index (Phi) is 37.2. The molecule has 1 aliphatic heterocycles. The minimum atomic E-state index is 0.0733. The minimum Gasteiger partial charge on any atom is -0.508 e. The number of phenols is 2. The van der Waals surface area contributed by atoms with Gasteiger partial charge in [-0.1, -0.05) is 123 Å². The van der Waals surface area contributed by atoms with E-state index in [2.05, 4.69) is 12.1 Å². The highest BCUT2D eigenvalue weighted by atomic mass is 35.5. The van der Waals surface area contributed by atoms with Crippen molar-refractivity contribution in [3.05, 3.63) is 258 Å². The van der Waals surface area contributed by atoms with Crippen LogP contribution >= 0.6 is 92.8 Å². The molecule has 10 nitrogen and oxygen atoms in total. The molecule has 1 aliphatic rings. The maximum absolute atomic E-state index is 9.01. The predicted octanol–water partition coefficient (Wildman–Crippen LogP) is 22.8. The summed E-state index contributed by atoms with van der Waals surface area (Å²) in [6, 6.07) is 44.3. The Morgan fingerprint density at radius 1 is 0.359 bits per heavy atom. The molecule has 0 fully saturated rings. The Bertz CT molecular complexity index is 3570. The number of aliphatic hydroxyl groups is 1. The fourth-order valence-electron chi connectivity index (χ4n) is 7.39. The van der Waals surface area contributed by atoms with Crippen LogP contribution in [0.3, 0.4) is 0 Å². The summed E-state index contributed by atoms with van der Waals surface area (Å²) in [5, 5.41) is 32.8. The van der Waals surface area contributed by atoms with E-state index >= 15 is 0 Å². The van der Waals surface area contributed by atoms with E-state index in [1.54, 1.807) is 70.9 Å². The number of nitrogens with zero attached hydrogens (tertiary/aromatic N) is 1. The van der Waals surface area contributed by atoms with Crippen LogP contribution in [0.4, 0.5) is 5.69 Å². The van der Waals surface area contributed by atoms with Gasteiger partial charge in [-0.25, -0.2) is 0 Å². The molecule has 92 heavy (non-hydrogen) atoms. The quantitative estimate of drug-likeness (QED) is 0.148. The van der Waals surface area contributed by atoms with Gasteiger partial charge in [-0.15, -0.1) is 0 Å². The highest BCUT2D eigenvalue weighted by Crippen LogP contribution is 2.36. The Morgan fingerprint density at radius 2 is 0.783 bits per heavy atom. The Hall–Kier alpha value is -6.54. The van der Waals surface area contributed by atoms with Crippen molar-refractivity contribution in [2.24, 2.45) is 0 Å². The van der Waals surface area contributed by atoms with Crippen LogP contribution in [-0.2, 0) is 6.61 Å². The number of benzene rings is 9.